The number of alkyl halides is 1. The molecule has 0 aliphatic carbocycles. The van der Waals surface area contributed by atoms with Gasteiger partial charge in [-0.25, -0.2) is 24.3 Å². The van der Waals surface area contributed by atoms with Crippen molar-refractivity contribution in [3.8, 4) is 0 Å². The quantitative estimate of drug-likeness (QED) is 0.110. The second kappa shape index (κ2) is 11.4. The molecule has 43 heavy (non-hydrogen) atoms. The number of nitrogens with one attached hydrogen (secondary N) is 1. The van der Waals surface area contributed by atoms with Gasteiger partial charge in [0.25, 0.3) is 5.56 Å². The van der Waals surface area contributed by atoms with Crippen molar-refractivity contribution in [3.05, 3.63) is 29.3 Å². The Balaban J connectivity index is 1.20. The van der Waals surface area contributed by atoms with Gasteiger partial charge in [-0.2, -0.15) is 4.98 Å². The summed E-state index contributed by atoms with van der Waals surface area (Å²) in [5.41, 5.74) is 11.3. The number of fused-ring (bicyclic) bond motifs is 2. The molecule has 0 saturated carbocycles. The Kier molecular flexibility index (Phi) is 7.87. The van der Waals surface area contributed by atoms with Gasteiger partial charge in [-0.15, -0.1) is 0 Å². The number of nitrogen functional groups attached to an aromatic ring is 2. The maximum atomic E-state index is 15.4. The number of anilines is 2. The van der Waals surface area contributed by atoms with Gasteiger partial charge in [0.1, 0.15) is 42.4 Å². The first-order valence-corrected chi connectivity index (χ1v) is 15.2. The van der Waals surface area contributed by atoms with Crippen molar-refractivity contribution < 1.29 is 42.8 Å². The summed E-state index contributed by atoms with van der Waals surface area (Å²) >= 11 is 5.15. The van der Waals surface area contributed by atoms with Crippen molar-refractivity contribution in [1.29, 1.82) is 0 Å². The number of hydrogen-bond donors (Lipinski definition) is 6. The summed E-state index contributed by atoms with van der Waals surface area (Å²) in [7, 11) is 1.37. The van der Waals surface area contributed by atoms with Gasteiger partial charge < -0.3 is 45.3 Å². The van der Waals surface area contributed by atoms with Crippen molar-refractivity contribution in [2.24, 2.45) is 0 Å². The summed E-state index contributed by atoms with van der Waals surface area (Å²) in [5, 5.41) is 20.6. The molecule has 0 amide bonds. The van der Waals surface area contributed by atoms with Gasteiger partial charge in [-0.1, -0.05) is 0 Å². The van der Waals surface area contributed by atoms with Crippen LogP contribution in [0.15, 0.2) is 23.8 Å². The first-order valence-electron chi connectivity index (χ1n) is 12.6. The molecule has 22 heteroatoms. The Morgan fingerprint density at radius 3 is 2.49 bits per heavy atom. The van der Waals surface area contributed by atoms with Gasteiger partial charge in [-0.3, -0.25) is 23.4 Å². The van der Waals surface area contributed by atoms with Crippen LogP contribution in [0.5, 0.6) is 0 Å². The smallest absolute Gasteiger partial charge is 0.325 e. The molecule has 0 bridgehead atoms. The molecule has 9 atom stereocenters. The number of ether oxygens (including phenoxy) is 3. The first kappa shape index (κ1) is 29.8. The second-order valence-corrected chi connectivity index (χ2v) is 12.4. The van der Waals surface area contributed by atoms with Crippen LogP contribution in [0.2, 0.25) is 0 Å². The van der Waals surface area contributed by atoms with Gasteiger partial charge in [0, 0.05) is 7.11 Å². The van der Waals surface area contributed by atoms with E-state index in [1.54, 1.807) is 0 Å². The third kappa shape index (κ3) is 5.26. The van der Waals surface area contributed by atoms with Crippen molar-refractivity contribution in [2.75, 3.05) is 31.8 Å². The number of nitrogens with zero attached hydrogens (tertiary/aromatic N) is 7. The fourth-order valence-corrected chi connectivity index (χ4v) is 6.46. The average Bonchev–Trinajstić information content (AvgIpc) is 3.72. The lowest BCUT2D eigenvalue weighted by atomic mass is 10.1. The number of aliphatic hydroxyl groups is 2. The highest BCUT2D eigenvalue weighted by Crippen LogP contribution is 2.51. The van der Waals surface area contributed by atoms with Gasteiger partial charge >= 0.3 is 6.72 Å². The van der Waals surface area contributed by atoms with Crippen molar-refractivity contribution in [3.63, 3.8) is 0 Å². The van der Waals surface area contributed by atoms with E-state index >= 15 is 4.39 Å². The van der Waals surface area contributed by atoms with E-state index in [2.05, 4.69) is 29.9 Å². The average molecular weight is 645 g/mol. The number of aromatic amines is 1. The molecule has 2 aliphatic heterocycles. The van der Waals surface area contributed by atoms with Gasteiger partial charge in [0.05, 0.1) is 25.9 Å². The Morgan fingerprint density at radius 1 is 1.09 bits per heavy atom. The zero-order valence-corrected chi connectivity index (χ0v) is 23.8. The van der Waals surface area contributed by atoms with Gasteiger partial charge in [-0.05, 0) is 11.8 Å². The third-order valence-corrected chi connectivity index (χ3v) is 8.63. The highest BCUT2D eigenvalue weighted by Gasteiger charge is 2.51. The van der Waals surface area contributed by atoms with E-state index in [1.807, 2.05) is 0 Å². The molecule has 19 nitrogen and oxygen atoms in total. The highest BCUT2D eigenvalue weighted by molar-refractivity contribution is 8.07. The number of rotatable bonds is 9. The van der Waals surface area contributed by atoms with Gasteiger partial charge in [0.15, 0.2) is 41.3 Å². The molecule has 4 aromatic rings. The van der Waals surface area contributed by atoms with Crippen LogP contribution in [-0.4, -0.2) is 111 Å². The minimum absolute atomic E-state index is 0.0593. The van der Waals surface area contributed by atoms with Crippen LogP contribution < -0.4 is 17.0 Å². The summed E-state index contributed by atoms with van der Waals surface area (Å²) in [6, 6.07) is 0. The molecule has 8 N–H and O–H groups in total. The first-order chi connectivity index (χ1) is 20.5. The van der Waals surface area contributed by atoms with E-state index in [0.29, 0.717) is 11.2 Å². The summed E-state index contributed by atoms with van der Waals surface area (Å²) in [5.74, 6) is -0.0870. The van der Waals surface area contributed by atoms with Crippen LogP contribution in [0.25, 0.3) is 22.3 Å². The standard InChI is InChI=1S/C21H26FN10O9PS/c1-37-14-12(34)8(40-20(14)31-5-27-10-15(23)25-4-26-16(10)31)3-38-42(36,43)41-13-9(22)7(2-33)39-19(13)32-6-28-11-17(32)29-21(24)30-18(11)35/h4-9,12-14,19-20,33-34H,2-3H2,1H3,(H,36,43)(H2,23,25,26)(H3,24,29,30,35)/t7-,8-,9+,12-,13-,14-,19-,20-,42?/m1/s1. The minimum Gasteiger partial charge on any atom is -0.394 e. The minimum atomic E-state index is -4.27. The fraction of sp³-hybridized carbons (Fsp3) is 0.524. The lowest BCUT2D eigenvalue weighted by Crippen LogP contribution is -2.35. The van der Waals surface area contributed by atoms with E-state index in [-0.39, 0.29) is 22.9 Å². The molecule has 0 radical (unpaired) electrons. The molecular weight excluding hydrogens is 618 g/mol. The van der Waals surface area contributed by atoms with Crippen molar-refractivity contribution >= 4 is 52.6 Å². The Bertz CT molecular complexity index is 1760. The maximum Gasteiger partial charge on any atom is 0.325 e. The normalized spacial score (nSPS) is 30.8. The molecule has 0 spiro atoms. The summed E-state index contributed by atoms with van der Waals surface area (Å²) < 4.78 is 46.1. The van der Waals surface area contributed by atoms with E-state index in [9.17, 15) is 19.9 Å². The van der Waals surface area contributed by atoms with E-state index < -0.39 is 74.6 Å². The molecule has 6 rings (SSSR count). The maximum absolute atomic E-state index is 15.4. The van der Waals surface area contributed by atoms with E-state index in [0.717, 1.165) is 6.33 Å². The number of nitrogens with two attached hydrogens (primary N) is 2. The largest absolute Gasteiger partial charge is 0.394 e. The SMILES string of the molecule is CO[C@@H]1[C@H](O)[C@@H](COP(O)(=S)O[C@@H]2[C@@H](F)[C@@H](CO)O[C@H]2n2cnc3c(=O)[nH]c(N)nc32)O[C@H]1n1cnc2c(N)ncnc21. The molecule has 2 fully saturated rings. The monoisotopic (exact) mass is 644 g/mol. The Hall–Kier alpha value is -3.24. The zero-order valence-electron chi connectivity index (χ0n) is 22.1. The molecule has 1 unspecified atom stereocenters. The summed E-state index contributed by atoms with van der Waals surface area (Å²) in [4.78, 5) is 45.7. The van der Waals surface area contributed by atoms with Crippen molar-refractivity contribution in [1.82, 2.24) is 39.0 Å². The molecule has 4 aromatic heterocycles. The molecule has 2 aliphatic rings. The van der Waals surface area contributed by atoms with Crippen LogP contribution in [0, 0.1) is 0 Å². The lowest BCUT2D eigenvalue weighted by Gasteiger charge is -2.26. The predicted molar refractivity (Wildman–Crippen MR) is 146 cm³/mol. The summed E-state index contributed by atoms with van der Waals surface area (Å²) in [6.07, 6.45) is -6.83. The Labute approximate surface area is 244 Å². The van der Waals surface area contributed by atoms with Crippen LogP contribution in [-0.2, 0) is 35.1 Å². The fourth-order valence-electron chi connectivity index (χ4n) is 5.05. The van der Waals surface area contributed by atoms with Crippen LogP contribution in [0.1, 0.15) is 12.5 Å². The predicted octanol–water partition coefficient (Wildman–Crippen LogP) is -1.76. The van der Waals surface area contributed by atoms with Crippen LogP contribution >= 0.6 is 6.72 Å². The molecule has 2 saturated heterocycles. The van der Waals surface area contributed by atoms with E-state index in [1.165, 1.54) is 28.9 Å². The number of aromatic nitrogens is 8. The van der Waals surface area contributed by atoms with E-state index in [4.69, 9.17) is 46.5 Å². The zero-order chi connectivity index (χ0) is 30.6. The molecular formula is C21H26FN10O9PS. The molecule has 6 heterocycles. The summed E-state index contributed by atoms with van der Waals surface area (Å²) in [6.45, 7) is -5.50. The number of H-pyrrole nitrogens is 1. The number of methoxy groups -OCH3 is 1. The van der Waals surface area contributed by atoms with Crippen LogP contribution in [0.3, 0.4) is 0 Å². The lowest BCUT2D eigenvalue weighted by molar-refractivity contribution is -0.0609. The van der Waals surface area contributed by atoms with Gasteiger partial charge in [0.2, 0.25) is 5.95 Å². The number of imidazole rings is 2. The second-order valence-electron chi connectivity index (χ2n) is 9.64. The topological polar surface area (TPSA) is 266 Å². The molecule has 0 aromatic carbocycles. The Morgan fingerprint density at radius 2 is 1.77 bits per heavy atom. The van der Waals surface area contributed by atoms with Crippen LogP contribution in [0.4, 0.5) is 16.2 Å². The molecule has 232 valence electrons. The highest BCUT2D eigenvalue weighted by atomic mass is 32.5. The third-order valence-electron chi connectivity index (χ3n) is 7.07. The number of aliphatic hydroxyl groups excluding tert-OH is 2. The number of hydrogen-bond acceptors (Lipinski definition) is 16. The number of halogens is 1. The van der Waals surface area contributed by atoms with Crippen molar-refractivity contribution in [2.45, 2.75) is 49.1 Å².